The minimum Gasteiger partial charge on any atom is -0.394 e. The summed E-state index contributed by atoms with van der Waals surface area (Å²) in [7, 11) is 0. The van der Waals surface area contributed by atoms with Crippen molar-refractivity contribution in [3.05, 3.63) is 30.1 Å². The van der Waals surface area contributed by atoms with E-state index in [4.69, 9.17) is 9.84 Å². The molecule has 0 aliphatic rings. The molecule has 1 aromatic heterocycles. The molecule has 2 N–H and O–H groups in total. The maximum absolute atomic E-state index is 9.19. The lowest BCUT2D eigenvalue weighted by Gasteiger charge is -2.17. The van der Waals surface area contributed by atoms with E-state index in [0.29, 0.717) is 6.61 Å². The van der Waals surface area contributed by atoms with E-state index in [2.05, 4.69) is 4.98 Å². The maximum Gasteiger partial charge on any atom is 0.107 e. The third-order valence-corrected chi connectivity index (χ3v) is 1.93. The highest BCUT2D eigenvalue weighted by Gasteiger charge is 2.13. The fourth-order valence-electron chi connectivity index (χ4n) is 1.03. The van der Waals surface area contributed by atoms with Crippen molar-refractivity contribution in [2.24, 2.45) is 0 Å². The SMILES string of the molecule is C[C@@H](O)[C@H](CO)OCc1ccncc1. The van der Waals surface area contributed by atoms with Crippen LogP contribution in [0.15, 0.2) is 24.5 Å². The van der Waals surface area contributed by atoms with Crippen LogP contribution in [0, 0.1) is 0 Å². The second kappa shape index (κ2) is 5.70. The zero-order valence-corrected chi connectivity index (χ0v) is 8.13. The molecule has 0 aliphatic carbocycles. The highest BCUT2D eigenvalue weighted by molar-refractivity contribution is 5.07. The summed E-state index contributed by atoms with van der Waals surface area (Å²) in [4.78, 5) is 3.87. The lowest BCUT2D eigenvalue weighted by molar-refractivity contribution is -0.0638. The van der Waals surface area contributed by atoms with Gasteiger partial charge >= 0.3 is 0 Å². The monoisotopic (exact) mass is 197 g/mol. The van der Waals surface area contributed by atoms with E-state index in [-0.39, 0.29) is 6.61 Å². The number of aromatic nitrogens is 1. The summed E-state index contributed by atoms with van der Waals surface area (Å²) in [5.41, 5.74) is 0.971. The largest absolute Gasteiger partial charge is 0.394 e. The molecule has 1 heterocycles. The van der Waals surface area contributed by atoms with Gasteiger partial charge < -0.3 is 14.9 Å². The summed E-state index contributed by atoms with van der Waals surface area (Å²) in [6.45, 7) is 1.79. The summed E-state index contributed by atoms with van der Waals surface area (Å²) in [5, 5.41) is 18.1. The fraction of sp³-hybridized carbons (Fsp3) is 0.500. The van der Waals surface area contributed by atoms with Crippen molar-refractivity contribution in [1.82, 2.24) is 4.98 Å². The Morgan fingerprint density at radius 3 is 2.57 bits per heavy atom. The number of hydrogen-bond donors (Lipinski definition) is 2. The Kier molecular flexibility index (Phi) is 4.52. The van der Waals surface area contributed by atoms with E-state index >= 15 is 0 Å². The summed E-state index contributed by atoms with van der Waals surface area (Å²) >= 11 is 0. The number of aliphatic hydroxyl groups excluding tert-OH is 2. The second-order valence-electron chi connectivity index (χ2n) is 3.13. The molecule has 0 bridgehead atoms. The van der Waals surface area contributed by atoms with Gasteiger partial charge in [0, 0.05) is 12.4 Å². The van der Waals surface area contributed by atoms with Gasteiger partial charge in [-0.25, -0.2) is 0 Å². The van der Waals surface area contributed by atoms with Gasteiger partial charge in [0.25, 0.3) is 0 Å². The van der Waals surface area contributed by atoms with Crippen LogP contribution >= 0.6 is 0 Å². The molecule has 14 heavy (non-hydrogen) atoms. The lowest BCUT2D eigenvalue weighted by atomic mass is 10.2. The number of pyridine rings is 1. The predicted molar refractivity (Wildman–Crippen MR) is 51.6 cm³/mol. The summed E-state index contributed by atoms with van der Waals surface area (Å²) in [6.07, 6.45) is 2.16. The molecule has 0 saturated heterocycles. The molecule has 4 heteroatoms. The Balaban J connectivity index is 2.40. The molecule has 0 aromatic carbocycles. The van der Waals surface area contributed by atoms with Crippen molar-refractivity contribution in [2.75, 3.05) is 6.61 Å². The third kappa shape index (κ3) is 3.41. The standard InChI is InChI=1S/C10H15NO3/c1-8(13)10(6-12)14-7-9-2-4-11-5-3-9/h2-5,8,10,12-13H,6-7H2,1H3/t8-,10+/m1/s1. The zero-order chi connectivity index (χ0) is 10.4. The first-order valence-electron chi connectivity index (χ1n) is 4.53. The molecule has 0 saturated carbocycles. The first kappa shape index (κ1) is 11.1. The van der Waals surface area contributed by atoms with Crippen LogP contribution in [-0.2, 0) is 11.3 Å². The van der Waals surface area contributed by atoms with E-state index in [0.717, 1.165) is 5.56 Å². The van der Waals surface area contributed by atoms with Gasteiger partial charge in [0.15, 0.2) is 0 Å². The zero-order valence-electron chi connectivity index (χ0n) is 8.13. The molecule has 0 spiro atoms. The Hall–Kier alpha value is -0.970. The van der Waals surface area contributed by atoms with E-state index in [1.807, 2.05) is 12.1 Å². The molecule has 78 valence electrons. The summed E-state index contributed by atoms with van der Waals surface area (Å²) in [6, 6.07) is 3.66. The second-order valence-corrected chi connectivity index (χ2v) is 3.13. The molecule has 0 aliphatic heterocycles. The normalized spacial score (nSPS) is 15.1. The molecule has 4 nitrogen and oxygen atoms in total. The van der Waals surface area contributed by atoms with Crippen LogP contribution in [0.1, 0.15) is 12.5 Å². The number of aliphatic hydroxyl groups is 2. The van der Waals surface area contributed by atoms with Crippen LogP contribution in [0.25, 0.3) is 0 Å². The van der Waals surface area contributed by atoms with Gasteiger partial charge in [0.05, 0.1) is 19.3 Å². The summed E-state index contributed by atoms with van der Waals surface area (Å²) in [5.74, 6) is 0. The van der Waals surface area contributed by atoms with Crippen LogP contribution in [0.4, 0.5) is 0 Å². The molecular weight excluding hydrogens is 182 g/mol. The molecular formula is C10H15NO3. The van der Waals surface area contributed by atoms with Crippen LogP contribution in [0.3, 0.4) is 0 Å². The molecule has 1 aromatic rings. The van der Waals surface area contributed by atoms with E-state index < -0.39 is 12.2 Å². The predicted octanol–water partition coefficient (Wildman–Crippen LogP) is 0.340. The molecule has 0 fully saturated rings. The van der Waals surface area contributed by atoms with Crippen molar-refractivity contribution in [3.63, 3.8) is 0 Å². The number of hydrogen-bond acceptors (Lipinski definition) is 4. The average Bonchev–Trinajstić information content (AvgIpc) is 2.20. The van der Waals surface area contributed by atoms with Crippen molar-refractivity contribution in [2.45, 2.75) is 25.7 Å². The first-order valence-corrected chi connectivity index (χ1v) is 4.53. The van der Waals surface area contributed by atoms with Crippen LogP contribution in [0.2, 0.25) is 0 Å². The Morgan fingerprint density at radius 2 is 2.07 bits per heavy atom. The van der Waals surface area contributed by atoms with E-state index in [1.165, 1.54) is 0 Å². The third-order valence-electron chi connectivity index (χ3n) is 1.93. The van der Waals surface area contributed by atoms with Gasteiger partial charge in [0.2, 0.25) is 0 Å². The Labute approximate surface area is 83.2 Å². The quantitative estimate of drug-likeness (QED) is 0.714. The molecule has 1 rings (SSSR count). The Morgan fingerprint density at radius 1 is 1.43 bits per heavy atom. The highest BCUT2D eigenvalue weighted by atomic mass is 16.5. The number of nitrogens with zero attached hydrogens (tertiary/aromatic N) is 1. The number of rotatable bonds is 5. The maximum atomic E-state index is 9.19. The van der Waals surface area contributed by atoms with Crippen LogP contribution < -0.4 is 0 Å². The topological polar surface area (TPSA) is 62.6 Å². The molecule has 0 amide bonds. The summed E-state index contributed by atoms with van der Waals surface area (Å²) < 4.78 is 5.31. The van der Waals surface area contributed by atoms with Gasteiger partial charge in [-0.05, 0) is 24.6 Å². The highest BCUT2D eigenvalue weighted by Crippen LogP contribution is 2.04. The molecule has 0 radical (unpaired) electrons. The van der Waals surface area contributed by atoms with Crippen molar-refractivity contribution < 1.29 is 14.9 Å². The van der Waals surface area contributed by atoms with Gasteiger partial charge in [0.1, 0.15) is 6.10 Å². The number of ether oxygens (including phenoxy) is 1. The minimum absolute atomic E-state index is 0.178. The Bertz CT molecular complexity index is 251. The molecule has 2 atom stereocenters. The average molecular weight is 197 g/mol. The first-order chi connectivity index (χ1) is 6.74. The van der Waals surface area contributed by atoms with E-state index in [1.54, 1.807) is 19.3 Å². The van der Waals surface area contributed by atoms with Gasteiger partial charge in [-0.2, -0.15) is 0 Å². The lowest BCUT2D eigenvalue weighted by Crippen LogP contribution is -2.29. The van der Waals surface area contributed by atoms with E-state index in [9.17, 15) is 5.11 Å². The van der Waals surface area contributed by atoms with Crippen LogP contribution in [0.5, 0.6) is 0 Å². The van der Waals surface area contributed by atoms with Crippen molar-refractivity contribution >= 4 is 0 Å². The van der Waals surface area contributed by atoms with Gasteiger partial charge in [-0.3, -0.25) is 4.98 Å². The van der Waals surface area contributed by atoms with Crippen molar-refractivity contribution in [3.8, 4) is 0 Å². The van der Waals surface area contributed by atoms with Crippen molar-refractivity contribution in [1.29, 1.82) is 0 Å². The van der Waals surface area contributed by atoms with Gasteiger partial charge in [-0.1, -0.05) is 0 Å². The smallest absolute Gasteiger partial charge is 0.107 e. The molecule has 0 unspecified atom stereocenters. The minimum atomic E-state index is -0.665. The van der Waals surface area contributed by atoms with Crippen LogP contribution in [-0.4, -0.2) is 34.0 Å². The fourth-order valence-corrected chi connectivity index (χ4v) is 1.03. The van der Waals surface area contributed by atoms with Gasteiger partial charge in [-0.15, -0.1) is 0 Å².